The summed E-state index contributed by atoms with van der Waals surface area (Å²) >= 11 is 0. The van der Waals surface area contributed by atoms with E-state index in [1.54, 1.807) is 28.8 Å². The van der Waals surface area contributed by atoms with Gasteiger partial charge >= 0.3 is 0 Å². The van der Waals surface area contributed by atoms with E-state index in [-0.39, 0.29) is 23.0 Å². The third kappa shape index (κ3) is 3.77. The number of sulfonamides is 1. The van der Waals surface area contributed by atoms with Gasteiger partial charge in [0, 0.05) is 13.1 Å². The molecule has 2 heterocycles. The van der Waals surface area contributed by atoms with Gasteiger partial charge in [-0.15, -0.1) is 0 Å². The monoisotopic (exact) mass is 390 g/mol. The van der Waals surface area contributed by atoms with Crippen LogP contribution in [0.1, 0.15) is 49.8 Å². The number of aromatic nitrogens is 2. The van der Waals surface area contributed by atoms with E-state index in [0.29, 0.717) is 30.4 Å². The van der Waals surface area contributed by atoms with Crippen molar-refractivity contribution < 1.29 is 13.2 Å². The molecule has 0 fully saturated rings. The van der Waals surface area contributed by atoms with E-state index < -0.39 is 10.0 Å². The van der Waals surface area contributed by atoms with Crippen molar-refractivity contribution in [3.63, 3.8) is 0 Å². The second-order valence-electron chi connectivity index (χ2n) is 7.15. The number of amides is 1. The van der Waals surface area contributed by atoms with Crippen LogP contribution in [0.3, 0.4) is 0 Å². The lowest BCUT2D eigenvalue weighted by molar-refractivity contribution is 0.0947. The first kappa shape index (κ1) is 19.6. The van der Waals surface area contributed by atoms with E-state index in [9.17, 15) is 13.2 Å². The summed E-state index contributed by atoms with van der Waals surface area (Å²) < 4.78 is 29.7. The first-order chi connectivity index (χ1) is 12.9. The average Bonchev–Trinajstić information content (AvgIpc) is 3.02. The number of hydrogen-bond acceptors (Lipinski definition) is 4. The SMILES string of the molecule is CCCNC(=O)c1ncn2c1CN(CCC(C)C)S(=O)(=O)c1ccccc1-2. The number of para-hydroxylation sites is 1. The molecule has 7 nitrogen and oxygen atoms in total. The van der Waals surface area contributed by atoms with Crippen LogP contribution in [0.4, 0.5) is 0 Å². The number of imidazole rings is 1. The number of fused-ring (bicyclic) bond motifs is 3. The highest BCUT2D eigenvalue weighted by molar-refractivity contribution is 7.89. The van der Waals surface area contributed by atoms with Crippen molar-refractivity contribution in [2.75, 3.05) is 13.1 Å². The summed E-state index contributed by atoms with van der Waals surface area (Å²) in [4.78, 5) is 17.1. The van der Waals surface area contributed by atoms with Crippen LogP contribution in [0.5, 0.6) is 0 Å². The van der Waals surface area contributed by atoms with E-state index >= 15 is 0 Å². The highest BCUT2D eigenvalue weighted by Crippen LogP contribution is 2.31. The van der Waals surface area contributed by atoms with Crippen molar-refractivity contribution in [3.8, 4) is 5.69 Å². The average molecular weight is 391 g/mol. The predicted octanol–water partition coefficient (Wildman–Crippen LogP) is 2.56. The summed E-state index contributed by atoms with van der Waals surface area (Å²) in [6, 6.07) is 6.86. The van der Waals surface area contributed by atoms with Crippen LogP contribution in [-0.4, -0.2) is 41.3 Å². The minimum absolute atomic E-state index is 0.124. The number of hydrogen-bond donors (Lipinski definition) is 1. The molecule has 0 radical (unpaired) electrons. The molecule has 1 aromatic heterocycles. The Balaban J connectivity index is 2.11. The minimum Gasteiger partial charge on any atom is -0.351 e. The lowest BCUT2D eigenvalue weighted by Crippen LogP contribution is -2.33. The van der Waals surface area contributed by atoms with Crippen molar-refractivity contribution in [1.29, 1.82) is 0 Å². The van der Waals surface area contributed by atoms with Crippen molar-refractivity contribution >= 4 is 15.9 Å². The quantitative estimate of drug-likeness (QED) is 0.822. The van der Waals surface area contributed by atoms with Crippen LogP contribution in [0, 0.1) is 5.92 Å². The fourth-order valence-electron chi connectivity index (χ4n) is 3.11. The normalized spacial score (nSPS) is 15.9. The summed E-state index contributed by atoms with van der Waals surface area (Å²) in [6.07, 6.45) is 3.10. The Morgan fingerprint density at radius 2 is 2.04 bits per heavy atom. The molecule has 146 valence electrons. The van der Waals surface area contributed by atoms with Gasteiger partial charge in [-0.25, -0.2) is 13.4 Å². The van der Waals surface area contributed by atoms with Gasteiger partial charge in [0.15, 0.2) is 5.69 Å². The van der Waals surface area contributed by atoms with Crippen LogP contribution in [0.2, 0.25) is 0 Å². The van der Waals surface area contributed by atoms with E-state index in [4.69, 9.17) is 0 Å². The Morgan fingerprint density at radius 1 is 1.30 bits per heavy atom. The molecular formula is C19H26N4O3S. The summed E-state index contributed by atoms with van der Waals surface area (Å²) in [5.74, 6) is 0.0992. The Hall–Kier alpha value is -2.19. The number of carbonyl (C=O) groups excluding carboxylic acids is 1. The molecule has 3 rings (SSSR count). The molecule has 0 saturated carbocycles. The van der Waals surface area contributed by atoms with Gasteiger partial charge in [-0.2, -0.15) is 4.31 Å². The summed E-state index contributed by atoms with van der Waals surface area (Å²) in [6.45, 7) is 7.17. The molecule has 1 N–H and O–H groups in total. The molecule has 2 aromatic rings. The number of benzene rings is 1. The number of nitrogens with zero attached hydrogens (tertiary/aromatic N) is 3. The van der Waals surface area contributed by atoms with Crippen LogP contribution in [0.25, 0.3) is 5.69 Å². The molecule has 27 heavy (non-hydrogen) atoms. The first-order valence-electron chi connectivity index (χ1n) is 9.30. The zero-order valence-corrected chi connectivity index (χ0v) is 16.8. The Morgan fingerprint density at radius 3 is 2.74 bits per heavy atom. The largest absolute Gasteiger partial charge is 0.351 e. The molecule has 1 aliphatic rings. The molecule has 0 bridgehead atoms. The fourth-order valence-corrected chi connectivity index (χ4v) is 4.71. The molecule has 8 heteroatoms. The zero-order chi connectivity index (χ0) is 19.6. The molecule has 1 amide bonds. The predicted molar refractivity (Wildman–Crippen MR) is 103 cm³/mol. The second kappa shape index (κ2) is 7.82. The van der Waals surface area contributed by atoms with Gasteiger partial charge in [-0.05, 0) is 30.9 Å². The molecule has 0 spiro atoms. The van der Waals surface area contributed by atoms with Gasteiger partial charge < -0.3 is 5.32 Å². The smallest absolute Gasteiger partial charge is 0.271 e. The number of rotatable bonds is 6. The summed E-state index contributed by atoms with van der Waals surface area (Å²) in [7, 11) is -3.66. The zero-order valence-electron chi connectivity index (χ0n) is 16.0. The van der Waals surface area contributed by atoms with Gasteiger partial charge in [0.2, 0.25) is 10.0 Å². The minimum atomic E-state index is -3.66. The standard InChI is InChI=1S/C19H26N4O3S/c1-4-10-20-19(24)18-16-12-22(11-9-14(2)3)27(25,26)17-8-6-5-7-15(17)23(16)13-21-18/h5-8,13-14H,4,9-12H2,1-3H3,(H,20,24). The molecule has 1 aromatic carbocycles. The Kier molecular flexibility index (Phi) is 5.67. The summed E-state index contributed by atoms with van der Waals surface area (Å²) in [5, 5.41) is 2.83. The van der Waals surface area contributed by atoms with Crippen molar-refractivity contribution in [3.05, 3.63) is 42.0 Å². The van der Waals surface area contributed by atoms with E-state index in [1.807, 2.05) is 6.92 Å². The van der Waals surface area contributed by atoms with Crippen LogP contribution in [0.15, 0.2) is 35.5 Å². The van der Waals surface area contributed by atoms with Crippen LogP contribution >= 0.6 is 0 Å². The van der Waals surface area contributed by atoms with Gasteiger partial charge in [-0.1, -0.05) is 32.9 Å². The second-order valence-corrected chi connectivity index (χ2v) is 9.06. The highest BCUT2D eigenvalue weighted by Gasteiger charge is 2.34. The molecule has 0 unspecified atom stereocenters. The third-order valence-electron chi connectivity index (χ3n) is 4.64. The summed E-state index contributed by atoms with van der Waals surface area (Å²) in [5.41, 5.74) is 1.41. The van der Waals surface area contributed by atoms with Crippen LogP contribution in [-0.2, 0) is 16.6 Å². The van der Waals surface area contributed by atoms with Gasteiger partial charge in [0.25, 0.3) is 5.91 Å². The molecule has 0 saturated heterocycles. The van der Waals surface area contributed by atoms with Crippen molar-refractivity contribution in [2.24, 2.45) is 5.92 Å². The lowest BCUT2D eigenvalue weighted by atomic mass is 10.1. The first-order valence-corrected chi connectivity index (χ1v) is 10.7. The number of carbonyl (C=O) groups is 1. The maximum absolute atomic E-state index is 13.2. The maximum Gasteiger partial charge on any atom is 0.271 e. The maximum atomic E-state index is 13.2. The Bertz CT molecular complexity index is 934. The fraction of sp³-hybridized carbons (Fsp3) is 0.474. The van der Waals surface area contributed by atoms with E-state index in [0.717, 1.165) is 12.8 Å². The topological polar surface area (TPSA) is 84.3 Å². The Labute approximate surface area is 160 Å². The van der Waals surface area contributed by atoms with Crippen molar-refractivity contribution in [2.45, 2.75) is 45.1 Å². The lowest BCUT2D eigenvalue weighted by Gasteiger charge is -2.21. The van der Waals surface area contributed by atoms with Gasteiger partial charge in [-0.3, -0.25) is 9.36 Å². The van der Waals surface area contributed by atoms with Gasteiger partial charge in [0.05, 0.1) is 17.9 Å². The van der Waals surface area contributed by atoms with Gasteiger partial charge in [0.1, 0.15) is 11.2 Å². The third-order valence-corrected chi connectivity index (χ3v) is 6.53. The molecule has 0 aliphatic carbocycles. The van der Waals surface area contributed by atoms with Crippen molar-refractivity contribution in [1.82, 2.24) is 19.2 Å². The molecular weight excluding hydrogens is 364 g/mol. The van der Waals surface area contributed by atoms with Crippen LogP contribution < -0.4 is 5.32 Å². The highest BCUT2D eigenvalue weighted by atomic mass is 32.2. The van der Waals surface area contributed by atoms with E-state index in [1.165, 1.54) is 10.6 Å². The molecule has 0 atom stereocenters. The molecule has 1 aliphatic heterocycles. The number of nitrogens with one attached hydrogen (secondary N) is 1. The van der Waals surface area contributed by atoms with E-state index in [2.05, 4.69) is 24.1 Å².